The number of hydrogen-bond acceptors (Lipinski definition) is 5. The Morgan fingerprint density at radius 1 is 0.886 bits per heavy atom. The molecule has 0 heterocycles. The van der Waals surface area contributed by atoms with Gasteiger partial charge in [-0.25, -0.2) is 18.0 Å². The third kappa shape index (κ3) is 7.07. The largest absolute Gasteiger partial charge is 0.489 e. The van der Waals surface area contributed by atoms with Crippen LogP contribution in [0, 0.1) is 17.5 Å². The molecule has 3 aromatic rings. The number of benzene rings is 3. The molecule has 10 heteroatoms. The maximum absolute atomic E-state index is 13.6. The Balaban J connectivity index is 1.45. The number of amides is 2. The van der Waals surface area contributed by atoms with Crippen LogP contribution in [-0.4, -0.2) is 30.4 Å². The molecule has 1 atom stereocenters. The third-order valence-electron chi connectivity index (χ3n) is 4.72. The van der Waals surface area contributed by atoms with Gasteiger partial charge < -0.3 is 20.1 Å². The molecule has 3 rings (SSSR count). The first-order chi connectivity index (χ1) is 16.7. The fourth-order valence-corrected chi connectivity index (χ4v) is 2.84. The highest BCUT2D eigenvalue weighted by atomic mass is 19.2. The summed E-state index contributed by atoms with van der Waals surface area (Å²) in [6.45, 7) is 1.04. The van der Waals surface area contributed by atoms with Gasteiger partial charge in [-0.15, -0.1) is 0 Å². The van der Waals surface area contributed by atoms with Gasteiger partial charge in [-0.3, -0.25) is 9.59 Å². The highest BCUT2D eigenvalue weighted by Crippen LogP contribution is 2.19. The van der Waals surface area contributed by atoms with E-state index in [1.165, 1.54) is 19.1 Å². The molecule has 0 spiro atoms. The van der Waals surface area contributed by atoms with Crippen molar-refractivity contribution in [2.24, 2.45) is 0 Å². The van der Waals surface area contributed by atoms with Crippen molar-refractivity contribution < 1.29 is 37.0 Å². The molecule has 0 fully saturated rings. The van der Waals surface area contributed by atoms with E-state index in [2.05, 4.69) is 5.32 Å². The van der Waals surface area contributed by atoms with Gasteiger partial charge in [0.05, 0.1) is 17.8 Å². The molecule has 0 bridgehead atoms. The molecule has 0 saturated heterocycles. The van der Waals surface area contributed by atoms with Crippen LogP contribution in [0.4, 0.5) is 18.9 Å². The van der Waals surface area contributed by atoms with Crippen LogP contribution in [0.15, 0.2) is 66.7 Å². The van der Waals surface area contributed by atoms with Gasteiger partial charge in [0.15, 0.2) is 23.6 Å². The van der Waals surface area contributed by atoms with Gasteiger partial charge >= 0.3 is 5.97 Å². The van der Waals surface area contributed by atoms with Crippen LogP contribution in [0.1, 0.15) is 22.8 Å². The van der Waals surface area contributed by atoms with Crippen molar-refractivity contribution in [1.82, 2.24) is 5.32 Å². The molecule has 0 radical (unpaired) electrons. The van der Waals surface area contributed by atoms with Gasteiger partial charge in [-0.05, 0) is 48.9 Å². The Bertz CT molecular complexity index is 1200. The van der Waals surface area contributed by atoms with Crippen LogP contribution in [0.5, 0.6) is 5.75 Å². The first-order valence-electron chi connectivity index (χ1n) is 10.4. The summed E-state index contributed by atoms with van der Waals surface area (Å²) >= 11 is 0. The van der Waals surface area contributed by atoms with Crippen LogP contribution in [-0.2, 0) is 20.9 Å². The maximum atomic E-state index is 13.6. The normalized spacial score (nSPS) is 11.3. The number of nitrogens with one attached hydrogen (secondary N) is 2. The van der Waals surface area contributed by atoms with Crippen molar-refractivity contribution in [2.75, 3.05) is 11.9 Å². The highest BCUT2D eigenvalue weighted by Gasteiger charge is 2.20. The number of halogens is 3. The summed E-state index contributed by atoms with van der Waals surface area (Å²) in [4.78, 5) is 36.3. The van der Waals surface area contributed by atoms with E-state index in [0.717, 1.165) is 11.6 Å². The Morgan fingerprint density at radius 3 is 2.26 bits per heavy atom. The Labute approximate surface area is 198 Å². The molecule has 0 aliphatic heterocycles. The number of anilines is 1. The molecule has 0 aromatic heterocycles. The molecule has 3 aromatic carbocycles. The van der Waals surface area contributed by atoms with Crippen LogP contribution in [0.25, 0.3) is 0 Å². The smallest absolute Gasteiger partial charge is 0.338 e. The summed E-state index contributed by atoms with van der Waals surface area (Å²) in [6, 6.07) is 17.2. The third-order valence-corrected chi connectivity index (χ3v) is 4.72. The molecule has 2 amide bonds. The van der Waals surface area contributed by atoms with E-state index in [1.807, 2.05) is 35.6 Å². The monoisotopic (exact) mass is 486 g/mol. The van der Waals surface area contributed by atoms with Crippen molar-refractivity contribution in [3.8, 4) is 5.75 Å². The zero-order chi connectivity index (χ0) is 25.4. The lowest BCUT2D eigenvalue weighted by Crippen LogP contribution is -2.40. The van der Waals surface area contributed by atoms with E-state index in [-0.39, 0.29) is 5.56 Å². The molecular formula is C25H21F3N2O5. The number of hydrogen-bond donors (Lipinski definition) is 2. The van der Waals surface area contributed by atoms with E-state index in [0.29, 0.717) is 18.4 Å². The molecule has 2 N–H and O–H groups in total. The average molecular weight is 486 g/mol. The summed E-state index contributed by atoms with van der Waals surface area (Å²) in [5.74, 6) is -6.62. The minimum absolute atomic E-state index is 0.184. The Kier molecular flexibility index (Phi) is 8.44. The van der Waals surface area contributed by atoms with E-state index < -0.39 is 53.6 Å². The summed E-state index contributed by atoms with van der Waals surface area (Å²) < 4.78 is 50.5. The first kappa shape index (κ1) is 25.3. The SMILES string of the molecule is CC(OC(=O)c1ccc(OCc2ccccc2)cc1)C(=O)NCC(=O)Nc1ccc(F)c(F)c1F. The molecule has 7 nitrogen and oxygen atoms in total. The van der Waals surface area contributed by atoms with Gasteiger partial charge in [-0.2, -0.15) is 0 Å². The molecule has 182 valence electrons. The predicted molar refractivity (Wildman–Crippen MR) is 120 cm³/mol. The molecule has 1 unspecified atom stereocenters. The van der Waals surface area contributed by atoms with Crippen LogP contribution in [0.2, 0.25) is 0 Å². The van der Waals surface area contributed by atoms with Gasteiger partial charge in [0.2, 0.25) is 5.91 Å². The molecule has 0 saturated carbocycles. The standard InChI is InChI=1S/C25H21F3N2O5/c1-15(24(32)29-13-21(31)30-20-12-11-19(26)22(27)23(20)28)35-25(33)17-7-9-18(10-8-17)34-14-16-5-3-2-4-6-16/h2-12,15H,13-14H2,1H3,(H,29,32)(H,30,31). The topological polar surface area (TPSA) is 93.7 Å². The second kappa shape index (κ2) is 11.7. The van der Waals surface area contributed by atoms with Gasteiger partial charge in [0.25, 0.3) is 5.91 Å². The van der Waals surface area contributed by atoms with Crippen LogP contribution >= 0.6 is 0 Å². The summed E-state index contributed by atoms with van der Waals surface area (Å²) in [6.07, 6.45) is -1.25. The number of ether oxygens (including phenoxy) is 2. The lowest BCUT2D eigenvalue weighted by atomic mass is 10.2. The number of carbonyl (C=O) groups excluding carboxylic acids is 3. The lowest BCUT2D eigenvalue weighted by Gasteiger charge is -2.14. The number of rotatable bonds is 9. The maximum Gasteiger partial charge on any atom is 0.338 e. The average Bonchev–Trinajstić information content (AvgIpc) is 2.87. The van der Waals surface area contributed by atoms with Crippen LogP contribution in [0.3, 0.4) is 0 Å². The fourth-order valence-electron chi connectivity index (χ4n) is 2.84. The van der Waals surface area contributed by atoms with E-state index in [4.69, 9.17) is 9.47 Å². The zero-order valence-electron chi connectivity index (χ0n) is 18.5. The van der Waals surface area contributed by atoms with Gasteiger partial charge in [0.1, 0.15) is 12.4 Å². The Hall–Kier alpha value is -4.34. The minimum Gasteiger partial charge on any atom is -0.489 e. The predicted octanol–water partition coefficient (Wildman–Crippen LogP) is 3.98. The molecule has 0 aliphatic rings. The van der Waals surface area contributed by atoms with Gasteiger partial charge in [-0.1, -0.05) is 30.3 Å². The quantitative estimate of drug-likeness (QED) is 0.353. The highest BCUT2D eigenvalue weighted by molar-refractivity contribution is 5.96. The van der Waals surface area contributed by atoms with Gasteiger partial charge in [0, 0.05) is 0 Å². The second-order valence-electron chi connectivity index (χ2n) is 7.34. The van der Waals surface area contributed by atoms with E-state index in [9.17, 15) is 27.6 Å². The van der Waals surface area contributed by atoms with Crippen molar-refractivity contribution in [3.63, 3.8) is 0 Å². The molecule has 35 heavy (non-hydrogen) atoms. The van der Waals surface area contributed by atoms with E-state index in [1.54, 1.807) is 12.1 Å². The lowest BCUT2D eigenvalue weighted by molar-refractivity contribution is -0.130. The zero-order valence-corrected chi connectivity index (χ0v) is 18.5. The summed E-state index contributed by atoms with van der Waals surface area (Å²) in [5, 5.41) is 4.22. The fraction of sp³-hybridized carbons (Fsp3) is 0.160. The summed E-state index contributed by atoms with van der Waals surface area (Å²) in [5.41, 5.74) is 0.585. The van der Waals surface area contributed by atoms with Crippen molar-refractivity contribution >= 4 is 23.5 Å². The number of esters is 1. The Morgan fingerprint density at radius 2 is 1.57 bits per heavy atom. The minimum atomic E-state index is -1.73. The molecule has 0 aliphatic carbocycles. The summed E-state index contributed by atoms with van der Waals surface area (Å²) in [7, 11) is 0. The van der Waals surface area contributed by atoms with Crippen LogP contribution < -0.4 is 15.4 Å². The first-order valence-corrected chi connectivity index (χ1v) is 10.4. The molecular weight excluding hydrogens is 465 g/mol. The van der Waals surface area contributed by atoms with Crippen molar-refractivity contribution in [3.05, 3.63) is 95.3 Å². The number of carbonyl (C=O) groups is 3. The van der Waals surface area contributed by atoms with Crippen molar-refractivity contribution in [1.29, 1.82) is 0 Å². The second-order valence-corrected chi connectivity index (χ2v) is 7.34. The van der Waals surface area contributed by atoms with E-state index >= 15 is 0 Å². The van der Waals surface area contributed by atoms with Crippen molar-refractivity contribution in [2.45, 2.75) is 19.6 Å².